The summed E-state index contributed by atoms with van der Waals surface area (Å²) in [5.74, 6) is 0.644. The highest BCUT2D eigenvalue weighted by atomic mass is 16.6. The minimum absolute atomic E-state index is 0.281. The van der Waals surface area contributed by atoms with Crippen LogP contribution in [0.25, 0.3) is 10.9 Å². The molecule has 0 unspecified atom stereocenters. The lowest BCUT2D eigenvalue weighted by Crippen LogP contribution is -2.46. The maximum atomic E-state index is 13.1. The van der Waals surface area contributed by atoms with E-state index in [9.17, 15) is 9.59 Å². The van der Waals surface area contributed by atoms with Crippen molar-refractivity contribution in [1.82, 2.24) is 10.3 Å². The van der Waals surface area contributed by atoms with Gasteiger partial charge in [-0.2, -0.15) is 0 Å². The third-order valence-electron chi connectivity index (χ3n) is 5.00. The molecule has 7 nitrogen and oxygen atoms in total. The summed E-state index contributed by atoms with van der Waals surface area (Å²) in [5, 5.41) is 6.54. The van der Waals surface area contributed by atoms with Crippen LogP contribution in [0.1, 0.15) is 5.56 Å². The number of anilines is 1. The van der Waals surface area contributed by atoms with Crippen LogP contribution in [0.2, 0.25) is 0 Å². The number of aromatic amines is 1. The van der Waals surface area contributed by atoms with Gasteiger partial charge in [-0.1, -0.05) is 42.5 Å². The Morgan fingerprint density at radius 3 is 2.50 bits per heavy atom. The molecule has 1 aromatic heterocycles. The summed E-state index contributed by atoms with van der Waals surface area (Å²) >= 11 is 0. The molecule has 0 aliphatic heterocycles. The van der Waals surface area contributed by atoms with Crippen LogP contribution < -0.4 is 20.1 Å². The minimum atomic E-state index is -0.864. The predicted molar refractivity (Wildman–Crippen MR) is 123 cm³/mol. The van der Waals surface area contributed by atoms with Crippen LogP contribution in [0.5, 0.6) is 11.5 Å². The van der Waals surface area contributed by atoms with E-state index >= 15 is 0 Å². The van der Waals surface area contributed by atoms with E-state index in [0.717, 1.165) is 16.5 Å². The van der Waals surface area contributed by atoms with Gasteiger partial charge in [0.15, 0.2) is 0 Å². The van der Waals surface area contributed by atoms with E-state index < -0.39 is 12.1 Å². The highest BCUT2D eigenvalue weighted by Crippen LogP contribution is 2.21. The molecule has 3 aromatic carbocycles. The van der Waals surface area contributed by atoms with Crippen molar-refractivity contribution >= 4 is 28.6 Å². The quantitative estimate of drug-likeness (QED) is 0.403. The molecule has 4 rings (SSSR count). The van der Waals surface area contributed by atoms with E-state index in [1.807, 2.05) is 36.5 Å². The summed E-state index contributed by atoms with van der Waals surface area (Å²) in [7, 11) is 1.56. The van der Waals surface area contributed by atoms with Crippen LogP contribution in [0.15, 0.2) is 85.1 Å². The van der Waals surface area contributed by atoms with Crippen LogP contribution >= 0.6 is 0 Å². The largest absolute Gasteiger partial charge is 0.497 e. The highest BCUT2D eigenvalue weighted by Gasteiger charge is 2.24. The standard InChI is InChI=1S/C25H23N3O4/c1-31-20-11-7-8-18(15-20)27-24(29)23(28-25(30)32-19-9-3-2-4-10-19)14-17-16-26-22-13-6-5-12-21(17)22/h2-13,15-16,23,26H,14H2,1H3,(H,27,29)(H,28,30)/t23-/m0/s1. The predicted octanol–water partition coefficient (Wildman–Crippen LogP) is 4.51. The lowest BCUT2D eigenvalue weighted by Gasteiger charge is -2.18. The molecule has 7 heteroatoms. The van der Waals surface area contributed by atoms with E-state index in [1.165, 1.54) is 0 Å². The van der Waals surface area contributed by atoms with Crippen molar-refractivity contribution in [1.29, 1.82) is 0 Å². The maximum Gasteiger partial charge on any atom is 0.413 e. The molecule has 2 amide bonds. The van der Waals surface area contributed by atoms with Gasteiger partial charge in [-0.05, 0) is 35.9 Å². The summed E-state index contributed by atoms with van der Waals surface area (Å²) in [6.45, 7) is 0. The first-order valence-electron chi connectivity index (χ1n) is 10.2. The highest BCUT2D eigenvalue weighted by molar-refractivity contribution is 5.97. The third-order valence-corrected chi connectivity index (χ3v) is 5.00. The SMILES string of the molecule is COc1cccc(NC(=O)[C@H](Cc2c[nH]c3ccccc23)NC(=O)Oc2ccccc2)c1. The Labute approximate surface area is 185 Å². The van der Waals surface area contributed by atoms with Crippen LogP contribution in [0, 0.1) is 0 Å². The number of carbonyl (C=O) groups is 2. The molecule has 1 atom stereocenters. The fraction of sp³-hybridized carbons (Fsp3) is 0.120. The number of amides is 2. The summed E-state index contributed by atoms with van der Waals surface area (Å²) in [5.41, 5.74) is 2.43. The van der Waals surface area contributed by atoms with Gasteiger partial charge < -0.3 is 25.1 Å². The average molecular weight is 429 g/mol. The van der Waals surface area contributed by atoms with Crippen molar-refractivity contribution in [2.75, 3.05) is 12.4 Å². The van der Waals surface area contributed by atoms with Crippen molar-refractivity contribution in [3.63, 3.8) is 0 Å². The first-order chi connectivity index (χ1) is 15.6. The first-order valence-corrected chi connectivity index (χ1v) is 10.2. The van der Waals surface area contributed by atoms with E-state index in [-0.39, 0.29) is 12.3 Å². The van der Waals surface area contributed by atoms with Gasteiger partial charge in [0.25, 0.3) is 0 Å². The van der Waals surface area contributed by atoms with Gasteiger partial charge in [0.2, 0.25) is 5.91 Å². The summed E-state index contributed by atoms with van der Waals surface area (Å²) < 4.78 is 10.5. The zero-order valence-electron chi connectivity index (χ0n) is 17.5. The molecule has 0 spiro atoms. The van der Waals surface area contributed by atoms with Crippen LogP contribution in [-0.4, -0.2) is 30.1 Å². The zero-order valence-corrected chi connectivity index (χ0v) is 17.5. The molecule has 0 aliphatic carbocycles. The summed E-state index contributed by atoms with van der Waals surface area (Å²) in [4.78, 5) is 28.9. The zero-order chi connectivity index (χ0) is 22.3. The Morgan fingerprint density at radius 1 is 0.938 bits per heavy atom. The molecule has 1 heterocycles. The van der Waals surface area contributed by atoms with Crippen LogP contribution in [-0.2, 0) is 11.2 Å². The molecule has 4 aromatic rings. The normalized spacial score (nSPS) is 11.5. The van der Waals surface area contributed by atoms with Crippen molar-refractivity contribution in [3.05, 3.63) is 90.6 Å². The van der Waals surface area contributed by atoms with Crippen LogP contribution in [0.3, 0.4) is 0 Å². The van der Waals surface area contributed by atoms with E-state index in [1.54, 1.807) is 55.6 Å². The number of H-pyrrole nitrogens is 1. The van der Waals surface area contributed by atoms with Gasteiger partial charge in [-0.15, -0.1) is 0 Å². The molecule has 0 saturated carbocycles. The number of hydrogen-bond donors (Lipinski definition) is 3. The van der Waals surface area contributed by atoms with E-state index in [4.69, 9.17) is 9.47 Å². The topological polar surface area (TPSA) is 92.5 Å². The number of para-hydroxylation sites is 2. The van der Waals surface area contributed by atoms with Gasteiger partial charge in [0.05, 0.1) is 7.11 Å². The Bertz CT molecular complexity index is 1220. The molecule has 0 bridgehead atoms. The number of carbonyl (C=O) groups excluding carboxylic acids is 2. The molecule has 162 valence electrons. The molecular weight excluding hydrogens is 406 g/mol. The maximum absolute atomic E-state index is 13.1. The number of nitrogens with one attached hydrogen (secondary N) is 3. The number of ether oxygens (including phenoxy) is 2. The molecule has 0 radical (unpaired) electrons. The third kappa shape index (κ3) is 5.07. The van der Waals surface area contributed by atoms with Gasteiger partial charge in [0.1, 0.15) is 17.5 Å². The van der Waals surface area contributed by atoms with Gasteiger partial charge in [-0.25, -0.2) is 4.79 Å². The molecule has 0 fully saturated rings. The Morgan fingerprint density at radius 2 is 1.69 bits per heavy atom. The molecule has 0 aliphatic rings. The molecule has 0 saturated heterocycles. The van der Waals surface area contributed by atoms with Crippen molar-refractivity contribution in [3.8, 4) is 11.5 Å². The number of fused-ring (bicyclic) bond motifs is 1. The van der Waals surface area contributed by atoms with Gasteiger partial charge in [-0.3, -0.25) is 4.79 Å². The van der Waals surface area contributed by atoms with Crippen molar-refractivity contribution in [2.45, 2.75) is 12.5 Å². The van der Waals surface area contributed by atoms with Crippen LogP contribution in [0.4, 0.5) is 10.5 Å². The summed E-state index contributed by atoms with van der Waals surface area (Å²) in [6, 6.07) is 22.7. The van der Waals surface area contributed by atoms with Gasteiger partial charge >= 0.3 is 6.09 Å². The number of rotatable bonds is 7. The summed E-state index contributed by atoms with van der Waals surface area (Å²) in [6.07, 6.45) is 1.42. The Balaban J connectivity index is 1.54. The Hall–Kier alpha value is -4.26. The average Bonchev–Trinajstić information content (AvgIpc) is 3.22. The fourth-order valence-electron chi connectivity index (χ4n) is 3.43. The second-order valence-corrected chi connectivity index (χ2v) is 7.18. The molecule has 32 heavy (non-hydrogen) atoms. The number of benzene rings is 3. The van der Waals surface area contributed by atoms with Crippen molar-refractivity contribution in [2.24, 2.45) is 0 Å². The van der Waals surface area contributed by atoms with Crippen molar-refractivity contribution < 1.29 is 19.1 Å². The monoisotopic (exact) mass is 429 g/mol. The van der Waals surface area contributed by atoms with E-state index in [0.29, 0.717) is 17.2 Å². The number of aromatic nitrogens is 1. The second kappa shape index (κ2) is 9.70. The number of hydrogen-bond acceptors (Lipinski definition) is 4. The smallest absolute Gasteiger partial charge is 0.413 e. The fourth-order valence-corrected chi connectivity index (χ4v) is 3.43. The van der Waals surface area contributed by atoms with E-state index in [2.05, 4.69) is 15.6 Å². The van der Waals surface area contributed by atoms with Gasteiger partial charge in [0, 0.05) is 35.3 Å². The molecule has 3 N–H and O–H groups in total. The first kappa shape index (κ1) is 21.0. The second-order valence-electron chi connectivity index (χ2n) is 7.18. The minimum Gasteiger partial charge on any atom is -0.497 e. The Kier molecular flexibility index (Phi) is 6.36. The number of methoxy groups -OCH3 is 1. The molecular formula is C25H23N3O4. The lowest BCUT2D eigenvalue weighted by molar-refractivity contribution is -0.118. The lowest BCUT2D eigenvalue weighted by atomic mass is 10.0.